The van der Waals surface area contributed by atoms with E-state index in [-0.39, 0.29) is 25.8 Å². The van der Waals surface area contributed by atoms with Crippen molar-refractivity contribution in [3.63, 3.8) is 0 Å². The Morgan fingerprint density at radius 1 is 0.667 bits per heavy atom. The molecular formula is C41H26N4OPdS. The van der Waals surface area contributed by atoms with Crippen LogP contribution in [0.1, 0.15) is 25.0 Å². The van der Waals surface area contributed by atoms with E-state index in [1.807, 2.05) is 54.6 Å². The summed E-state index contributed by atoms with van der Waals surface area (Å²) in [6, 6.07) is 43.0. The van der Waals surface area contributed by atoms with Gasteiger partial charge in [-0.1, -0.05) is 90.6 Å². The van der Waals surface area contributed by atoms with Crippen molar-refractivity contribution < 1.29 is 25.2 Å². The third-order valence-corrected chi connectivity index (χ3v) is 10.7. The summed E-state index contributed by atoms with van der Waals surface area (Å²) in [4.78, 5) is 12.2. The molecule has 7 heteroatoms. The van der Waals surface area contributed by atoms with Gasteiger partial charge in [0.2, 0.25) is 0 Å². The molecule has 0 bridgehead atoms. The number of hydrogen-bond donors (Lipinski definition) is 0. The summed E-state index contributed by atoms with van der Waals surface area (Å²) in [5.74, 6) is 1.21. The standard InChI is InChI=1S/C41H26N4OS.Pd/c1-41(2)32-13-4-6-15-36(32)47-38-33(41)18-19-35-37(38)30-12-8-20-42-40(30)45(35)25-9-7-10-26(23-25)46-27-16-17-28-29-11-3-5-14-34(29)44-22-21-43-39(44)31(28)24-27;/h3-22H,1-2H3;/q-2;+2. The van der Waals surface area contributed by atoms with Crippen LogP contribution < -0.4 is 4.74 Å². The molecule has 5 aromatic carbocycles. The third kappa shape index (κ3) is 4.15. The first-order valence-corrected chi connectivity index (χ1v) is 16.5. The van der Waals surface area contributed by atoms with Crippen molar-refractivity contribution in [3.8, 4) is 17.2 Å². The number of imidazole rings is 1. The minimum absolute atomic E-state index is 0. The molecule has 10 rings (SSSR count). The number of benzene rings is 5. The smallest absolute Gasteiger partial charge is 0.503 e. The number of ether oxygens (including phenoxy) is 1. The van der Waals surface area contributed by atoms with Crippen LogP contribution in [0.3, 0.4) is 0 Å². The van der Waals surface area contributed by atoms with Crippen molar-refractivity contribution in [2.75, 3.05) is 0 Å². The first kappa shape index (κ1) is 29.2. The fraction of sp³-hybridized carbons (Fsp3) is 0.0732. The topological polar surface area (TPSA) is 44.4 Å². The molecule has 0 saturated carbocycles. The van der Waals surface area contributed by atoms with Crippen LogP contribution in [0, 0.1) is 12.1 Å². The fourth-order valence-electron chi connectivity index (χ4n) is 7.35. The zero-order valence-corrected chi connectivity index (χ0v) is 28.3. The second-order valence-electron chi connectivity index (χ2n) is 12.5. The van der Waals surface area contributed by atoms with Gasteiger partial charge in [0.1, 0.15) is 5.65 Å². The fourth-order valence-corrected chi connectivity index (χ4v) is 8.90. The minimum Gasteiger partial charge on any atom is -0.503 e. The van der Waals surface area contributed by atoms with E-state index in [9.17, 15) is 0 Å². The summed E-state index contributed by atoms with van der Waals surface area (Å²) in [6.45, 7) is 4.65. The van der Waals surface area contributed by atoms with Crippen molar-refractivity contribution in [1.29, 1.82) is 0 Å². The number of pyridine rings is 2. The minimum atomic E-state index is -0.119. The van der Waals surface area contributed by atoms with Crippen LogP contribution in [0.2, 0.25) is 0 Å². The second kappa shape index (κ2) is 10.8. The van der Waals surface area contributed by atoms with Crippen LogP contribution in [-0.2, 0) is 25.8 Å². The molecule has 0 atom stereocenters. The quantitative estimate of drug-likeness (QED) is 0.103. The monoisotopic (exact) mass is 728 g/mol. The molecular weight excluding hydrogens is 703 g/mol. The van der Waals surface area contributed by atoms with E-state index in [1.54, 1.807) is 0 Å². The molecule has 0 radical (unpaired) electrons. The molecule has 0 unspecified atom stereocenters. The Morgan fingerprint density at radius 2 is 1.48 bits per heavy atom. The van der Waals surface area contributed by atoms with E-state index in [0.717, 1.165) is 49.6 Å². The number of rotatable bonds is 3. The Labute approximate surface area is 294 Å². The molecule has 5 heterocycles. The molecule has 0 fully saturated rings. The van der Waals surface area contributed by atoms with Gasteiger partial charge in [0.25, 0.3) is 0 Å². The Kier molecular flexibility index (Phi) is 6.58. The molecule has 0 aliphatic carbocycles. The zero-order valence-electron chi connectivity index (χ0n) is 26.0. The Morgan fingerprint density at radius 3 is 2.42 bits per heavy atom. The van der Waals surface area contributed by atoms with Gasteiger partial charge in [0.05, 0.1) is 11.2 Å². The molecule has 0 amide bonds. The molecule has 1 aliphatic heterocycles. The average molecular weight is 729 g/mol. The summed E-state index contributed by atoms with van der Waals surface area (Å²) >= 11 is 1.86. The largest absolute Gasteiger partial charge is 2.00 e. The van der Waals surface area contributed by atoms with Crippen molar-refractivity contribution >= 4 is 61.0 Å². The maximum atomic E-state index is 6.46. The maximum Gasteiger partial charge on any atom is 2.00 e. The molecule has 0 N–H and O–H groups in total. The molecule has 48 heavy (non-hydrogen) atoms. The molecule has 1 aliphatic rings. The maximum absolute atomic E-state index is 6.46. The summed E-state index contributed by atoms with van der Waals surface area (Å²) in [7, 11) is 0. The van der Waals surface area contributed by atoms with E-state index in [4.69, 9.17) is 9.72 Å². The van der Waals surface area contributed by atoms with Gasteiger partial charge < -0.3 is 13.7 Å². The summed E-state index contributed by atoms with van der Waals surface area (Å²) in [5, 5.41) is 5.50. The molecule has 0 spiro atoms. The average Bonchev–Trinajstić information content (AvgIpc) is 3.73. The van der Waals surface area contributed by atoms with Crippen LogP contribution in [0.15, 0.2) is 132 Å². The van der Waals surface area contributed by atoms with Crippen LogP contribution in [0.25, 0.3) is 54.9 Å². The van der Waals surface area contributed by atoms with E-state index in [2.05, 4.69) is 119 Å². The van der Waals surface area contributed by atoms with Crippen molar-refractivity contribution in [3.05, 3.63) is 145 Å². The number of para-hydroxylation sites is 1. The molecule has 4 aromatic heterocycles. The van der Waals surface area contributed by atoms with E-state index >= 15 is 0 Å². The van der Waals surface area contributed by atoms with E-state index < -0.39 is 0 Å². The van der Waals surface area contributed by atoms with Crippen LogP contribution in [0.4, 0.5) is 0 Å². The van der Waals surface area contributed by atoms with Gasteiger partial charge in [-0.2, -0.15) is 6.07 Å². The van der Waals surface area contributed by atoms with Crippen LogP contribution >= 0.6 is 11.8 Å². The van der Waals surface area contributed by atoms with Crippen LogP contribution in [0.5, 0.6) is 11.5 Å². The predicted octanol–water partition coefficient (Wildman–Crippen LogP) is 10.3. The SMILES string of the molecule is CC1(C)c2ccccc2Sc2c1ccc1c2c2cccnc2n1-c1[c-]c(Oc2[c-]c3c(cc2)c2ccccc2n2ccnc32)ccc1.[Pd+2]. The normalized spacial score (nSPS) is 13.5. The summed E-state index contributed by atoms with van der Waals surface area (Å²) in [5.41, 5.74) is 7.41. The Bertz CT molecular complexity index is 2740. The number of nitrogens with zero attached hydrogens (tertiary/aromatic N) is 4. The first-order valence-electron chi connectivity index (χ1n) is 15.7. The number of hydrogen-bond acceptors (Lipinski definition) is 4. The molecule has 232 valence electrons. The number of aromatic nitrogens is 4. The van der Waals surface area contributed by atoms with Crippen LogP contribution in [-0.4, -0.2) is 18.9 Å². The van der Waals surface area contributed by atoms with Gasteiger partial charge in [-0.05, 0) is 46.8 Å². The Balaban J connectivity index is 0.00000314. The van der Waals surface area contributed by atoms with Crippen molar-refractivity contribution in [2.24, 2.45) is 0 Å². The van der Waals surface area contributed by atoms with E-state index in [1.165, 1.54) is 26.3 Å². The van der Waals surface area contributed by atoms with Gasteiger partial charge in [-0.3, -0.25) is 4.98 Å². The predicted molar refractivity (Wildman–Crippen MR) is 189 cm³/mol. The van der Waals surface area contributed by atoms with Crippen molar-refractivity contribution in [1.82, 2.24) is 18.9 Å². The molecule has 0 saturated heterocycles. The number of fused-ring (bicyclic) bond motifs is 12. The molecule has 5 nitrogen and oxygen atoms in total. The summed E-state index contributed by atoms with van der Waals surface area (Å²) in [6.07, 6.45) is 5.68. The van der Waals surface area contributed by atoms with Gasteiger partial charge in [-0.15, -0.1) is 30.3 Å². The third-order valence-electron chi connectivity index (χ3n) is 9.54. The van der Waals surface area contributed by atoms with Gasteiger partial charge in [0, 0.05) is 61.6 Å². The van der Waals surface area contributed by atoms with Gasteiger partial charge in [0.15, 0.2) is 0 Å². The van der Waals surface area contributed by atoms with Gasteiger partial charge >= 0.3 is 20.4 Å². The first-order chi connectivity index (χ1) is 23.1. The van der Waals surface area contributed by atoms with E-state index in [0.29, 0.717) is 11.5 Å². The van der Waals surface area contributed by atoms with Crippen molar-refractivity contribution in [2.45, 2.75) is 29.1 Å². The summed E-state index contributed by atoms with van der Waals surface area (Å²) < 4.78 is 10.8. The second-order valence-corrected chi connectivity index (χ2v) is 13.6. The Hall–Kier alpha value is -4.93. The zero-order chi connectivity index (χ0) is 31.3. The molecule has 9 aromatic rings. The van der Waals surface area contributed by atoms with Gasteiger partial charge in [-0.25, -0.2) is 4.98 Å².